The summed E-state index contributed by atoms with van der Waals surface area (Å²) in [5.74, 6) is 0.147. The molecule has 0 saturated heterocycles. The molecule has 166 valence electrons. The zero-order chi connectivity index (χ0) is 23.3. The van der Waals surface area contributed by atoms with Crippen molar-refractivity contribution in [2.24, 2.45) is 0 Å². The van der Waals surface area contributed by atoms with Crippen molar-refractivity contribution in [3.05, 3.63) is 66.0 Å². The van der Waals surface area contributed by atoms with Gasteiger partial charge in [-0.3, -0.25) is 4.79 Å². The fraction of sp³-hybridized carbons (Fsp3) is 0.100. The molecule has 0 spiro atoms. The van der Waals surface area contributed by atoms with E-state index in [1.807, 2.05) is 0 Å². The van der Waals surface area contributed by atoms with Crippen molar-refractivity contribution in [1.82, 2.24) is 15.3 Å². The number of hydrogen-bond donors (Lipinski definition) is 4. The molecule has 9 nitrogen and oxygen atoms in total. The highest BCUT2D eigenvalue weighted by atomic mass is 19.4. The molecule has 2 aromatic carbocycles. The van der Waals surface area contributed by atoms with Crippen LogP contribution in [0.25, 0.3) is 0 Å². The second-order valence-electron chi connectivity index (χ2n) is 6.36. The normalized spacial score (nSPS) is 10.9. The van der Waals surface area contributed by atoms with Crippen LogP contribution in [0.4, 0.5) is 35.2 Å². The number of amides is 3. The van der Waals surface area contributed by atoms with Crippen LogP contribution in [0.1, 0.15) is 15.9 Å². The number of anilines is 3. The van der Waals surface area contributed by atoms with E-state index in [1.165, 1.54) is 31.6 Å². The number of ether oxygens (including phenoxy) is 1. The van der Waals surface area contributed by atoms with Crippen LogP contribution in [0, 0.1) is 0 Å². The monoisotopic (exact) mass is 446 g/mol. The Kier molecular flexibility index (Phi) is 6.42. The van der Waals surface area contributed by atoms with Gasteiger partial charge in [-0.25, -0.2) is 14.8 Å². The molecule has 0 radical (unpaired) electrons. The lowest BCUT2D eigenvalue weighted by Crippen LogP contribution is -2.22. The first kappa shape index (κ1) is 22.3. The molecule has 1 aromatic heterocycles. The van der Waals surface area contributed by atoms with Gasteiger partial charge in [0.25, 0.3) is 5.91 Å². The molecule has 32 heavy (non-hydrogen) atoms. The Labute approximate surface area is 179 Å². The van der Waals surface area contributed by atoms with E-state index in [9.17, 15) is 22.8 Å². The van der Waals surface area contributed by atoms with E-state index >= 15 is 0 Å². The van der Waals surface area contributed by atoms with E-state index in [0.29, 0.717) is 17.5 Å². The Hall–Kier alpha value is -4.35. The van der Waals surface area contributed by atoms with Gasteiger partial charge >= 0.3 is 12.2 Å². The Morgan fingerprint density at radius 3 is 2.28 bits per heavy atom. The molecule has 0 atom stereocenters. The van der Waals surface area contributed by atoms with Crippen LogP contribution in [0.5, 0.6) is 11.6 Å². The third kappa shape index (κ3) is 5.84. The first-order valence-corrected chi connectivity index (χ1v) is 9.02. The lowest BCUT2D eigenvalue weighted by molar-refractivity contribution is -0.137. The van der Waals surface area contributed by atoms with Gasteiger partial charge in [-0.15, -0.1) is 0 Å². The van der Waals surface area contributed by atoms with E-state index in [0.717, 1.165) is 12.1 Å². The highest BCUT2D eigenvalue weighted by Gasteiger charge is 2.32. The molecule has 0 bridgehead atoms. The van der Waals surface area contributed by atoms with Crippen molar-refractivity contribution in [2.45, 2.75) is 6.18 Å². The average Bonchev–Trinajstić information content (AvgIpc) is 2.73. The van der Waals surface area contributed by atoms with Crippen molar-refractivity contribution in [3.8, 4) is 11.6 Å². The molecule has 0 fully saturated rings. The Balaban J connectivity index is 1.69. The predicted octanol–water partition coefficient (Wildman–Crippen LogP) is 3.87. The lowest BCUT2D eigenvalue weighted by Gasteiger charge is -2.13. The van der Waals surface area contributed by atoms with Crippen molar-refractivity contribution >= 4 is 29.1 Å². The molecule has 0 aliphatic heterocycles. The molecule has 0 saturated carbocycles. The summed E-state index contributed by atoms with van der Waals surface area (Å²) in [5, 5.41) is 7.01. The molecule has 0 aliphatic rings. The molecule has 0 unspecified atom stereocenters. The van der Waals surface area contributed by atoms with Crippen LogP contribution in [0.15, 0.2) is 54.9 Å². The fourth-order valence-electron chi connectivity index (χ4n) is 2.57. The van der Waals surface area contributed by atoms with E-state index in [4.69, 9.17) is 10.5 Å². The maximum Gasteiger partial charge on any atom is 0.416 e. The molecule has 1 heterocycles. The highest BCUT2D eigenvalue weighted by molar-refractivity contribution is 6.01. The first-order valence-electron chi connectivity index (χ1n) is 9.02. The lowest BCUT2D eigenvalue weighted by atomic mass is 10.1. The molecular weight excluding hydrogens is 429 g/mol. The topological polar surface area (TPSA) is 131 Å². The predicted molar refractivity (Wildman–Crippen MR) is 110 cm³/mol. The molecule has 12 heteroatoms. The minimum atomic E-state index is -4.69. The Morgan fingerprint density at radius 2 is 1.66 bits per heavy atom. The number of alkyl halides is 3. The Bertz CT molecular complexity index is 1140. The van der Waals surface area contributed by atoms with Gasteiger partial charge in [0.15, 0.2) is 0 Å². The third-order valence-corrected chi connectivity index (χ3v) is 4.01. The van der Waals surface area contributed by atoms with E-state index in [1.54, 1.807) is 12.1 Å². The van der Waals surface area contributed by atoms with Crippen molar-refractivity contribution < 1.29 is 27.5 Å². The molecule has 5 N–H and O–H groups in total. The van der Waals surface area contributed by atoms with Gasteiger partial charge in [-0.05, 0) is 42.5 Å². The van der Waals surface area contributed by atoms with Crippen LogP contribution >= 0.6 is 0 Å². The standard InChI is InChI=1S/C20H17F3N6O3/c1-25-18(30)11-6-12(20(21,22)23)8-14(7-11)29-19(31)28-13-2-4-15(5-3-13)32-17-9-16(24)26-10-27-17/h2-10H,1H3,(H,25,30)(H2,24,26,27)(H2,28,29,31). The van der Waals surface area contributed by atoms with Gasteiger partial charge < -0.3 is 26.4 Å². The maximum atomic E-state index is 13.1. The summed E-state index contributed by atoms with van der Waals surface area (Å²) >= 11 is 0. The van der Waals surface area contributed by atoms with Crippen molar-refractivity contribution in [2.75, 3.05) is 23.4 Å². The largest absolute Gasteiger partial charge is 0.439 e. The molecule has 3 amide bonds. The number of hydrogen-bond acceptors (Lipinski definition) is 6. The van der Waals surface area contributed by atoms with Crippen molar-refractivity contribution in [3.63, 3.8) is 0 Å². The molecule has 3 aromatic rings. The number of nitrogens with two attached hydrogens (primary N) is 1. The van der Waals surface area contributed by atoms with Crippen LogP contribution in [-0.4, -0.2) is 29.0 Å². The third-order valence-electron chi connectivity index (χ3n) is 4.01. The fourth-order valence-corrected chi connectivity index (χ4v) is 2.57. The first-order chi connectivity index (χ1) is 15.1. The summed E-state index contributed by atoms with van der Waals surface area (Å²) in [7, 11) is 1.29. The minimum absolute atomic E-state index is 0.197. The quantitative estimate of drug-likeness (QED) is 0.471. The second kappa shape index (κ2) is 9.20. The number of aromatic nitrogens is 2. The van der Waals surface area contributed by atoms with E-state index in [2.05, 4.69) is 25.9 Å². The minimum Gasteiger partial charge on any atom is -0.439 e. The number of nitrogens with zero attached hydrogens (tertiary/aromatic N) is 2. The van der Waals surface area contributed by atoms with Crippen LogP contribution in [0.2, 0.25) is 0 Å². The summed E-state index contributed by atoms with van der Waals surface area (Å²) in [4.78, 5) is 31.7. The summed E-state index contributed by atoms with van der Waals surface area (Å²) in [6.07, 6.45) is -3.45. The van der Waals surface area contributed by atoms with Gasteiger partial charge in [0.2, 0.25) is 5.88 Å². The number of halogens is 3. The number of rotatable bonds is 5. The van der Waals surface area contributed by atoms with Gasteiger partial charge in [-0.2, -0.15) is 13.2 Å². The number of nitrogens with one attached hydrogen (secondary N) is 3. The van der Waals surface area contributed by atoms with E-state index < -0.39 is 23.7 Å². The second-order valence-corrected chi connectivity index (χ2v) is 6.36. The summed E-state index contributed by atoms with van der Waals surface area (Å²) < 4.78 is 44.9. The van der Waals surface area contributed by atoms with Crippen LogP contribution < -0.4 is 26.4 Å². The maximum absolute atomic E-state index is 13.1. The van der Waals surface area contributed by atoms with Gasteiger partial charge in [0.1, 0.15) is 17.9 Å². The molecular formula is C20H17F3N6O3. The summed E-state index contributed by atoms with van der Waals surface area (Å²) in [6.45, 7) is 0. The number of benzene rings is 2. The highest BCUT2D eigenvalue weighted by Crippen LogP contribution is 2.32. The number of carbonyl (C=O) groups is 2. The number of carbonyl (C=O) groups excluding carboxylic acids is 2. The number of urea groups is 1. The number of nitrogen functional groups attached to an aromatic ring is 1. The smallest absolute Gasteiger partial charge is 0.416 e. The zero-order valence-corrected chi connectivity index (χ0v) is 16.5. The van der Waals surface area contributed by atoms with E-state index in [-0.39, 0.29) is 22.9 Å². The molecule has 0 aliphatic carbocycles. The van der Waals surface area contributed by atoms with Gasteiger partial charge in [0.05, 0.1) is 5.56 Å². The Morgan fingerprint density at radius 1 is 0.969 bits per heavy atom. The summed E-state index contributed by atoms with van der Waals surface area (Å²) in [6, 6.07) is 9.32. The van der Waals surface area contributed by atoms with Crippen molar-refractivity contribution in [1.29, 1.82) is 0 Å². The average molecular weight is 446 g/mol. The SMILES string of the molecule is CNC(=O)c1cc(NC(=O)Nc2ccc(Oc3cc(N)ncn3)cc2)cc(C(F)(F)F)c1. The van der Waals surface area contributed by atoms with Gasteiger partial charge in [0, 0.05) is 30.1 Å². The zero-order valence-electron chi connectivity index (χ0n) is 16.5. The molecule has 3 rings (SSSR count). The van der Waals surface area contributed by atoms with Gasteiger partial charge in [-0.1, -0.05) is 0 Å². The summed E-state index contributed by atoms with van der Waals surface area (Å²) in [5.41, 5.74) is 4.38. The van der Waals surface area contributed by atoms with Crippen LogP contribution in [0.3, 0.4) is 0 Å². The van der Waals surface area contributed by atoms with Crippen LogP contribution in [-0.2, 0) is 6.18 Å².